The summed E-state index contributed by atoms with van der Waals surface area (Å²) in [6, 6.07) is 9.61. The van der Waals surface area contributed by atoms with E-state index in [2.05, 4.69) is 34.1 Å². The van der Waals surface area contributed by atoms with E-state index in [-0.39, 0.29) is 30.7 Å². The molecule has 0 aliphatic carbocycles. The first-order chi connectivity index (χ1) is 13.1. The van der Waals surface area contributed by atoms with Gasteiger partial charge in [-0.3, -0.25) is 4.79 Å². The largest absolute Gasteiger partial charge is 0.325 e. The van der Waals surface area contributed by atoms with Gasteiger partial charge in [0.05, 0.1) is 11.9 Å². The van der Waals surface area contributed by atoms with Gasteiger partial charge in [-0.05, 0) is 36.6 Å². The topological polar surface area (TPSA) is 71.0 Å². The molecular weight excluding hydrogens is 429 g/mol. The Morgan fingerprint density at radius 2 is 1.90 bits per heavy atom. The third kappa shape index (κ3) is 5.23. The van der Waals surface area contributed by atoms with E-state index < -0.39 is 0 Å². The summed E-state index contributed by atoms with van der Waals surface area (Å²) in [6.45, 7) is 5.09. The van der Waals surface area contributed by atoms with Gasteiger partial charge >= 0.3 is 0 Å². The van der Waals surface area contributed by atoms with Crippen molar-refractivity contribution in [3.63, 3.8) is 0 Å². The first kappa shape index (κ1) is 23.1. The highest BCUT2D eigenvalue weighted by atomic mass is 35.5. The first-order valence-corrected chi connectivity index (χ1v) is 9.88. The lowest BCUT2D eigenvalue weighted by Crippen LogP contribution is -2.23. The Bertz CT molecular complexity index is 962. The molecule has 1 saturated heterocycles. The van der Waals surface area contributed by atoms with Crippen LogP contribution in [0.1, 0.15) is 37.5 Å². The lowest BCUT2D eigenvalue weighted by molar-refractivity contribution is -0.117. The minimum absolute atomic E-state index is 0. The van der Waals surface area contributed by atoms with Crippen molar-refractivity contribution in [2.24, 2.45) is 0 Å². The number of aromatic nitrogens is 3. The predicted octanol–water partition coefficient (Wildman–Crippen LogP) is 5.44. The van der Waals surface area contributed by atoms with Crippen LogP contribution in [0.25, 0.3) is 10.7 Å². The highest BCUT2D eigenvalue weighted by Gasteiger charge is 2.21. The van der Waals surface area contributed by atoms with E-state index in [1.807, 2.05) is 36.5 Å². The summed E-state index contributed by atoms with van der Waals surface area (Å²) in [7, 11) is 0. The molecule has 4 heterocycles. The van der Waals surface area contributed by atoms with E-state index >= 15 is 0 Å². The summed E-state index contributed by atoms with van der Waals surface area (Å²) < 4.78 is 0. The van der Waals surface area contributed by atoms with Crippen molar-refractivity contribution in [1.29, 1.82) is 0 Å². The lowest BCUT2D eigenvalue weighted by Gasteiger charge is -2.15. The zero-order valence-corrected chi connectivity index (χ0v) is 18.6. The number of hydrogen-bond acceptors (Lipinski definition) is 6. The number of thiazole rings is 1. The van der Waals surface area contributed by atoms with Crippen molar-refractivity contribution in [2.75, 3.05) is 16.8 Å². The van der Waals surface area contributed by atoms with Crippen LogP contribution >= 0.6 is 36.2 Å². The number of anilines is 3. The van der Waals surface area contributed by atoms with Crippen LogP contribution in [0.3, 0.4) is 0 Å². The molecule has 0 saturated carbocycles. The summed E-state index contributed by atoms with van der Waals surface area (Å²) in [5, 5.41) is 4.14. The van der Waals surface area contributed by atoms with E-state index in [4.69, 9.17) is 0 Å². The molecule has 0 aromatic carbocycles. The molecule has 0 atom stereocenters. The van der Waals surface area contributed by atoms with Crippen molar-refractivity contribution in [2.45, 2.75) is 32.6 Å². The molecule has 1 aliphatic rings. The lowest BCUT2D eigenvalue weighted by atomic mass is 10.2. The average Bonchev–Trinajstić information content (AvgIpc) is 3.32. The van der Waals surface area contributed by atoms with E-state index in [9.17, 15) is 4.79 Å². The molecule has 1 fully saturated rings. The van der Waals surface area contributed by atoms with Crippen LogP contribution in [-0.2, 0) is 4.79 Å². The zero-order valence-electron chi connectivity index (χ0n) is 16.2. The minimum Gasteiger partial charge on any atom is -0.325 e. The molecule has 0 unspecified atom stereocenters. The highest BCUT2D eigenvalue weighted by Crippen LogP contribution is 2.29. The molecule has 3 aromatic rings. The maximum Gasteiger partial charge on any atom is 0.227 e. The molecule has 0 radical (unpaired) electrons. The average molecular weight is 452 g/mol. The summed E-state index contributed by atoms with van der Waals surface area (Å²) in [5.41, 5.74) is 1.69. The summed E-state index contributed by atoms with van der Waals surface area (Å²) >= 11 is 1.67. The minimum atomic E-state index is 0. The van der Waals surface area contributed by atoms with Crippen molar-refractivity contribution in [3.8, 4) is 10.7 Å². The van der Waals surface area contributed by atoms with Crippen LogP contribution < -0.4 is 10.2 Å². The fourth-order valence-electron chi connectivity index (χ4n) is 2.97. The van der Waals surface area contributed by atoms with Crippen LogP contribution in [0, 0.1) is 0 Å². The van der Waals surface area contributed by atoms with Crippen molar-refractivity contribution in [1.82, 2.24) is 15.0 Å². The standard InChI is InChI=1S/C20H21N5OS.2ClH/c1-13(2)16-12-22-20(27-16)15-5-3-6-18(23-15)24-17-9-8-14(11-21-17)25-10-4-7-19(25)26;;/h3,5-6,8-9,11-13H,4,7,10H2,1-2H3,(H,21,23,24);2*1H. The van der Waals surface area contributed by atoms with Gasteiger partial charge in [-0.25, -0.2) is 15.0 Å². The van der Waals surface area contributed by atoms with Gasteiger partial charge in [0.1, 0.15) is 22.3 Å². The Balaban J connectivity index is 0.00000150. The fourth-order valence-corrected chi connectivity index (χ4v) is 3.86. The molecule has 1 N–H and O–H groups in total. The molecule has 4 rings (SSSR count). The number of rotatable bonds is 5. The van der Waals surface area contributed by atoms with Gasteiger partial charge in [0.15, 0.2) is 0 Å². The van der Waals surface area contributed by atoms with Crippen LogP contribution in [0.15, 0.2) is 42.7 Å². The van der Waals surface area contributed by atoms with Gasteiger partial charge in [0.25, 0.3) is 0 Å². The predicted molar refractivity (Wildman–Crippen MR) is 123 cm³/mol. The summed E-state index contributed by atoms with van der Waals surface area (Å²) in [5.74, 6) is 2.03. The zero-order chi connectivity index (χ0) is 18.8. The Kier molecular flexibility index (Phi) is 7.96. The first-order valence-electron chi connectivity index (χ1n) is 9.07. The summed E-state index contributed by atoms with van der Waals surface area (Å²) in [4.78, 5) is 28.4. The SMILES string of the molecule is CC(C)c1cnc(-c2cccc(Nc3ccc(N4CCCC4=O)cn3)n2)s1.Cl.Cl. The molecule has 0 spiro atoms. The number of hydrogen-bond donors (Lipinski definition) is 1. The van der Waals surface area contributed by atoms with Gasteiger partial charge < -0.3 is 10.2 Å². The molecular formula is C20H23Cl2N5OS. The molecule has 154 valence electrons. The van der Waals surface area contributed by atoms with E-state index in [0.717, 1.165) is 29.4 Å². The van der Waals surface area contributed by atoms with Gasteiger partial charge in [-0.2, -0.15) is 0 Å². The normalized spacial score (nSPS) is 13.2. The molecule has 3 aromatic heterocycles. The molecule has 1 amide bonds. The number of nitrogens with zero attached hydrogens (tertiary/aromatic N) is 4. The highest BCUT2D eigenvalue weighted by molar-refractivity contribution is 7.15. The molecule has 6 nitrogen and oxygen atoms in total. The quantitative estimate of drug-likeness (QED) is 0.559. The van der Waals surface area contributed by atoms with Crippen molar-refractivity contribution in [3.05, 3.63) is 47.6 Å². The second-order valence-corrected chi connectivity index (χ2v) is 7.87. The molecule has 0 bridgehead atoms. The smallest absolute Gasteiger partial charge is 0.227 e. The second-order valence-electron chi connectivity index (χ2n) is 6.81. The van der Waals surface area contributed by atoms with Gasteiger partial charge in [-0.1, -0.05) is 19.9 Å². The van der Waals surface area contributed by atoms with E-state index in [0.29, 0.717) is 24.0 Å². The van der Waals surface area contributed by atoms with Gasteiger partial charge in [0.2, 0.25) is 5.91 Å². The van der Waals surface area contributed by atoms with Gasteiger partial charge in [-0.15, -0.1) is 36.2 Å². The van der Waals surface area contributed by atoms with Crippen LogP contribution in [0.5, 0.6) is 0 Å². The maximum absolute atomic E-state index is 11.8. The Morgan fingerprint density at radius 1 is 1.07 bits per heavy atom. The monoisotopic (exact) mass is 451 g/mol. The number of nitrogens with one attached hydrogen (secondary N) is 1. The Hall–Kier alpha value is -2.22. The van der Waals surface area contributed by atoms with Crippen LogP contribution in [-0.4, -0.2) is 27.4 Å². The van der Waals surface area contributed by atoms with Crippen LogP contribution in [0.4, 0.5) is 17.3 Å². The molecule has 1 aliphatic heterocycles. The van der Waals surface area contributed by atoms with Gasteiger partial charge in [0, 0.05) is 24.0 Å². The third-order valence-corrected chi connectivity index (χ3v) is 5.77. The summed E-state index contributed by atoms with van der Waals surface area (Å²) in [6.07, 6.45) is 5.17. The fraction of sp³-hybridized carbons (Fsp3) is 0.300. The van der Waals surface area contributed by atoms with Crippen molar-refractivity contribution >= 4 is 59.4 Å². The Morgan fingerprint density at radius 3 is 2.52 bits per heavy atom. The molecule has 9 heteroatoms. The maximum atomic E-state index is 11.8. The third-order valence-electron chi connectivity index (χ3n) is 4.45. The van der Waals surface area contributed by atoms with Crippen LogP contribution in [0.2, 0.25) is 0 Å². The Labute approximate surface area is 186 Å². The number of halogens is 2. The van der Waals surface area contributed by atoms with E-state index in [1.54, 1.807) is 22.4 Å². The number of pyridine rings is 2. The van der Waals surface area contributed by atoms with Crippen molar-refractivity contribution < 1.29 is 4.79 Å². The number of carbonyl (C=O) groups is 1. The number of amides is 1. The molecule has 29 heavy (non-hydrogen) atoms. The second kappa shape index (κ2) is 10.0. The number of carbonyl (C=O) groups excluding carboxylic acids is 1. The van der Waals surface area contributed by atoms with E-state index in [1.165, 1.54) is 4.88 Å².